The summed E-state index contributed by atoms with van der Waals surface area (Å²) in [7, 11) is -2.28. The number of nitrogens with zero attached hydrogens (tertiary/aromatic N) is 1. The molecule has 3 unspecified atom stereocenters. The van der Waals surface area contributed by atoms with Crippen LogP contribution in [0.2, 0.25) is 0 Å². The van der Waals surface area contributed by atoms with E-state index in [1.165, 1.54) is 19.1 Å². The zero-order valence-corrected chi connectivity index (χ0v) is 22.7. The zero-order valence-electron chi connectivity index (χ0n) is 21.7. The molecule has 2 N–H and O–H groups in total. The van der Waals surface area contributed by atoms with Gasteiger partial charge in [-0.3, -0.25) is 14.3 Å². The molecule has 0 saturated carbocycles. The number of aliphatic carboxylic acids is 1. The van der Waals surface area contributed by atoms with Crippen LogP contribution in [0, 0.1) is 5.82 Å². The van der Waals surface area contributed by atoms with E-state index >= 15 is 0 Å². The van der Waals surface area contributed by atoms with E-state index in [1.807, 2.05) is 51.1 Å². The van der Waals surface area contributed by atoms with Gasteiger partial charge in [-0.1, -0.05) is 69.3 Å². The lowest BCUT2D eigenvalue weighted by Crippen LogP contribution is -2.52. The number of aromatic nitrogens is 1. The minimum Gasteiger partial charge on any atom is -0.480 e. The highest BCUT2D eigenvalue weighted by Gasteiger charge is 2.59. The lowest BCUT2D eigenvalue weighted by Gasteiger charge is -2.41. The zero-order chi connectivity index (χ0) is 27.5. The van der Waals surface area contributed by atoms with E-state index in [4.69, 9.17) is 9.51 Å². The Hall–Kier alpha value is -3.12. The molecular formula is C29H33FNO5P. The van der Waals surface area contributed by atoms with E-state index in [-0.39, 0.29) is 11.5 Å². The molecule has 3 rings (SSSR count). The van der Waals surface area contributed by atoms with Gasteiger partial charge in [-0.2, -0.15) is 0 Å². The van der Waals surface area contributed by atoms with Gasteiger partial charge in [0.2, 0.25) is 8.03 Å². The van der Waals surface area contributed by atoms with Crippen LogP contribution in [0.25, 0.3) is 22.4 Å². The van der Waals surface area contributed by atoms with Crippen molar-refractivity contribution in [1.82, 2.24) is 4.98 Å². The average Bonchev–Trinajstić information content (AvgIpc) is 2.88. The number of pyridine rings is 1. The molecule has 0 aliphatic carbocycles. The first-order chi connectivity index (χ1) is 17.5. The maximum Gasteiger partial charge on any atom is 0.326 e. The molecule has 0 spiro atoms. The van der Waals surface area contributed by atoms with Crippen molar-refractivity contribution in [2.75, 3.05) is 7.11 Å². The quantitative estimate of drug-likeness (QED) is 0.229. The molecule has 0 aliphatic rings. The van der Waals surface area contributed by atoms with Crippen molar-refractivity contribution < 1.29 is 28.5 Å². The van der Waals surface area contributed by atoms with E-state index in [0.29, 0.717) is 28.9 Å². The van der Waals surface area contributed by atoms with Crippen LogP contribution in [-0.4, -0.2) is 33.4 Å². The van der Waals surface area contributed by atoms with Gasteiger partial charge in [0, 0.05) is 18.2 Å². The third kappa shape index (κ3) is 4.79. The van der Waals surface area contributed by atoms with Gasteiger partial charge >= 0.3 is 5.97 Å². The third-order valence-corrected chi connectivity index (χ3v) is 8.73. The van der Waals surface area contributed by atoms with Crippen molar-refractivity contribution in [3.05, 3.63) is 89.9 Å². The predicted octanol–water partition coefficient (Wildman–Crippen LogP) is 6.58. The summed E-state index contributed by atoms with van der Waals surface area (Å²) in [5.41, 5.74) is 1.68. The summed E-state index contributed by atoms with van der Waals surface area (Å²) in [4.78, 5) is 17.7. The van der Waals surface area contributed by atoms with Crippen LogP contribution < -0.4 is 0 Å². The monoisotopic (exact) mass is 525 g/mol. The Kier molecular flexibility index (Phi) is 8.53. The van der Waals surface area contributed by atoms with Crippen LogP contribution in [0.4, 0.5) is 4.39 Å². The van der Waals surface area contributed by atoms with Crippen molar-refractivity contribution in [3.63, 3.8) is 0 Å². The molecule has 0 amide bonds. The van der Waals surface area contributed by atoms with E-state index in [0.717, 1.165) is 24.3 Å². The summed E-state index contributed by atoms with van der Waals surface area (Å²) >= 11 is 0. The Labute approximate surface area is 217 Å². The van der Waals surface area contributed by atoms with Gasteiger partial charge in [0.25, 0.3) is 0 Å². The molecule has 0 bridgehead atoms. The van der Waals surface area contributed by atoms with Gasteiger partial charge in [0.05, 0.1) is 11.4 Å². The second-order valence-electron chi connectivity index (χ2n) is 9.34. The minimum absolute atomic E-state index is 0.198. The summed E-state index contributed by atoms with van der Waals surface area (Å²) < 4.78 is 32.2. The van der Waals surface area contributed by atoms with Crippen LogP contribution >= 0.6 is 8.03 Å². The van der Waals surface area contributed by atoms with Gasteiger partial charge < -0.3 is 14.7 Å². The largest absolute Gasteiger partial charge is 0.480 e. The molecule has 0 fully saturated rings. The number of carboxylic acid groups (broad SMARTS) is 1. The molecular weight excluding hydrogens is 492 g/mol. The van der Waals surface area contributed by atoms with Gasteiger partial charge in [-0.15, -0.1) is 6.58 Å². The van der Waals surface area contributed by atoms with Crippen molar-refractivity contribution in [1.29, 1.82) is 0 Å². The van der Waals surface area contributed by atoms with Crippen molar-refractivity contribution >= 4 is 14.0 Å². The van der Waals surface area contributed by atoms with Gasteiger partial charge in [-0.05, 0) is 48.1 Å². The minimum atomic E-state index is -3.41. The smallest absolute Gasteiger partial charge is 0.326 e. The lowest BCUT2D eigenvalue weighted by atomic mass is 9.74. The van der Waals surface area contributed by atoms with Crippen LogP contribution in [0.3, 0.4) is 0 Å². The number of carboxylic acids is 1. The fraction of sp³-hybridized carbons (Fsp3) is 0.310. The summed E-state index contributed by atoms with van der Waals surface area (Å²) in [6.45, 7) is 10.6. The second kappa shape index (κ2) is 11.1. The van der Waals surface area contributed by atoms with Crippen LogP contribution in [0.15, 0.2) is 67.3 Å². The van der Waals surface area contributed by atoms with Crippen molar-refractivity contribution in [3.8, 4) is 22.4 Å². The summed E-state index contributed by atoms with van der Waals surface area (Å²) in [5.74, 6) is -2.25. The number of carbonyl (C=O) groups is 1. The number of hydrogen-bond donors (Lipinski definition) is 2. The highest BCUT2D eigenvalue weighted by atomic mass is 31.1. The first kappa shape index (κ1) is 28.5. The van der Waals surface area contributed by atoms with Crippen LogP contribution in [0.1, 0.15) is 50.4 Å². The molecule has 2 aromatic carbocycles. The standard InChI is InChI=1S/C29H33FNO5P/c1-7-22-23(19-14-16-21(30)17-15-19)24(28(5,34)29(8-2,27(32)33)37(35)36-6)25(18(3)4)31-26(22)20-12-10-9-11-13-20/h8-18,34,37H,2,7H2,1,3-6H3,(H,32,33). The number of aliphatic hydroxyl groups is 1. The molecule has 3 aromatic rings. The molecule has 1 aromatic heterocycles. The topological polar surface area (TPSA) is 96.7 Å². The SMILES string of the molecule is C=CC(C(=O)O)([PH](=O)OC)C(C)(O)c1c(C(C)C)nc(-c2ccccc2)c(CC)c1-c1ccc(F)cc1. The first-order valence-corrected chi connectivity index (χ1v) is 13.4. The third-order valence-electron chi connectivity index (χ3n) is 6.81. The lowest BCUT2D eigenvalue weighted by molar-refractivity contribution is -0.146. The molecule has 196 valence electrons. The Morgan fingerprint density at radius 3 is 2.22 bits per heavy atom. The molecule has 0 radical (unpaired) electrons. The summed E-state index contributed by atoms with van der Waals surface area (Å²) in [6.07, 6.45) is 1.45. The number of rotatable bonds is 10. The Bertz CT molecular complexity index is 1320. The fourth-order valence-electron chi connectivity index (χ4n) is 4.89. The average molecular weight is 526 g/mol. The summed E-state index contributed by atoms with van der Waals surface area (Å²) in [6, 6.07) is 15.3. The first-order valence-electron chi connectivity index (χ1n) is 12.0. The second-order valence-corrected chi connectivity index (χ2v) is 11.1. The van der Waals surface area contributed by atoms with Gasteiger partial charge in [0.15, 0.2) is 5.16 Å². The van der Waals surface area contributed by atoms with Crippen LogP contribution in [0.5, 0.6) is 0 Å². The van der Waals surface area contributed by atoms with E-state index in [2.05, 4.69) is 6.58 Å². The molecule has 3 atom stereocenters. The molecule has 6 nitrogen and oxygen atoms in total. The highest BCUT2D eigenvalue weighted by Crippen LogP contribution is 2.56. The van der Waals surface area contributed by atoms with Crippen molar-refractivity contribution in [2.45, 2.75) is 50.8 Å². The van der Waals surface area contributed by atoms with E-state index in [9.17, 15) is 24.0 Å². The normalized spacial score (nSPS) is 15.6. The maximum atomic E-state index is 14.0. The number of halogens is 1. The Morgan fingerprint density at radius 1 is 1.16 bits per heavy atom. The molecule has 0 saturated heterocycles. The molecule has 0 aliphatic heterocycles. The van der Waals surface area contributed by atoms with Gasteiger partial charge in [-0.25, -0.2) is 4.39 Å². The van der Waals surface area contributed by atoms with Crippen LogP contribution in [-0.2, 0) is 25.9 Å². The van der Waals surface area contributed by atoms with E-state index in [1.54, 1.807) is 12.1 Å². The molecule has 8 heteroatoms. The number of benzene rings is 2. The Balaban J connectivity index is 2.63. The highest BCUT2D eigenvalue weighted by molar-refractivity contribution is 7.43. The summed E-state index contributed by atoms with van der Waals surface area (Å²) in [5, 5.41) is 20.2. The van der Waals surface area contributed by atoms with E-state index < -0.39 is 30.6 Å². The Morgan fingerprint density at radius 2 is 1.76 bits per heavy atom. The van der Waals surface area contributed by atoms with Gasteiger partial charge in [0.1, 0.15) is 11.4 Å². The fourth-order valence-corrected chi connectivity index (χ4v) is 6.07. The number of hydrogen-bond acceptors (Lipinski definition) is 5. The molecule has 1 heterocycles. The van der Waals surface area contributed by atoms with Crippen molar-refractivity contribution in [2.24, 2.45) is 0 Å². The maximum absolute atomic E-state index is 14.0. The predicted molar refractivity (Wildman–Crippen MR) is 145 cm³/mol. The molecule has 37 heavy (non-hydrogen) atoms.